The molecule has 0 amide bonds. The first-order valence-electron chi connectivity index (χ1n) is 7.35. The van der Waals surface area contributed by atoms with E-state index in [1.165, 1.54) is 21.4 Å². The highest BCUT2D eigenvalue weighted by atomic mass is 32.2. The van der Waals surface area contributed by atoms with Crippen LogP contribution in [-0.4, -0.2) is 15.0 Å². The molecule has 0 saturated heterocycles. The van der Waals surface area contributed by atoms with Crippen molar-refractivity contribution in [2.24, 2.45) is 0 Å². The monoisotopic (exact) mass is 329 g/mol. The number of fused-ring (bicyclic) bond motifs is 1. The van der Waals surface area contributed by atoms with E-state index in [2.05, 4.69) is 38.7 Å². The Morgan fingerprint density at radius 1 is 1.23 bits per heavy atom. The van der Waals surface area contributed by atoms with E-state index in [9.17, 15) is 0 Å². The van der Waals surface area contributed by atoms with Gasteiger partial charge in [-0.05, 0) is 31.0 Å². The van der Waals surface area contributed by atoms with Gasteiger partial charge < -0.3 is 0 Å². The summed E-state index contributed by atoms with van der Waals surface area (Å²) in [7, 11) is 0. The molecule has 0 aliphatic heterocycles. The van der Waals surface area contributed by atoms with E-state index in [-0.39, 0.29) is 0 Å². The van der Waals surface area contributed by atoms with Gasteiger partial charge in [0.25, 0.3) is 0 Å². The highest BCUT2D eigenvalue weighted by Gasteiger charge is 2.16. The van der Waals surface area contributed by atoms with E-state index >= 15 is 0 Å². The molecule has 22 heavy (non-hydrogen) atoms. The lowest BCUT2D eigenvalue weighted by Gasteiger charge is -2.09. The zero-order valence-electron chi connectivity index (χ0n) is 13.3. The Hall–Kier alpha value is -1.46. The summed E-state index contributed by atoms with van der Waals surface area (Å²) in [4.78, 5) is 16.2. The summed E-state index contributed by atoms with van der Waals surface area (Å²) >= 11 is 3.55. The first-order valence-corrected chi connectivity index (χ1v) is 9.15. The predicted molar refractivity (Wildman–Crippen MR) is 94.8 cm³/mol. The van der Waals surface area contributed by atoms with Gasteiger partial charge in [0, 0.05) is 34.3 Å². The summed E-state index contributed by atoms with van der Waals surface area (Å²) in [6.45, 7) is 8.61. The van der Waals surface area contributed by atoms with Crippen LogP contribution >= 0.6 is 23.1 Å². The topological polar surface area (TPSA) is 38.7 Å². The number of aromatic nitrogens is 3. The van der Waals surface area contributed by atoms with Gasteiger partial charge in [-0.1, -0.05) is 19.9 Å². The molecule has 0 atom stereocenters. The Morgan fingerprint density at radius 3 is 2.73 bits per heavy atom. The second-order valence-electron chi connectivity index (χ2n) is 5.66. The second-order valence-corrected chi connectivity index (χ2v) is 7.82. The average molecular weight is 329 g/mol. The SMILES string of the molecule is Cc1sc2nc(C(C)C)nc(SCc3cccnc3)c2c1C. The van der Waals surface area contributed by atoms with Crippen LogP contribution in [-0.2, 0) is 5.75 Å². The van der Waals surface area contributed by atoms with Gasteiger partial charge in [-0.25, -0.2) is 9.97 Å². The molecule has 114 valence electrons. The van der Waals surface area contributed by atoms with Crippen molar-refractivity contribution in [1.29, 1.82) is 0 Å². The summed E-state index contributed by atoms with van der Waals surface area (Å²) in [5.74, 6) is 2.15. The average Bonchev–Trinajstić information content (AvgIpc) is 2.80. The van der Waals surface area contributed by atoms with Crippen LogP contribution in [0.1, 0.15) is 41.6 Å². The van der Waals surface area contributed by atoms with E-state index < -0.39 is 0 Å². The zero-order chi connectivity index (χ0) is 15.7. The van der Waals surface area contributed by atoms with Gasteiger partial charge in [-0.15, -0.1) is 23.1 Å². The summed E-state index contributed by atoms with van der Waals surface area (Å²) in [5, 5.41) is 2.32. The van der Waals surface area contributed by atoms with Gasteiger partial charge in [-0.2, -0.15) is 0 Å². The quantitative estimate of drug-likeness (QED) is 0.492. The zero-order valence-corrected chi connectivity index (χ0v) is 14.9. The van der Waals surface area contributed by atoms with Crippen LogP contribution in [0.3, 0.4) is 0 Å². The molecule has 3 rings (SSSR count). The molecule has 0 spiro atoms. The minimum absolute atomic E-state index is 0.338. The number of aryl methyl sites for hydroxylation is 2. The van der Waals surface area contributed by atoms with Crippen molar-refractivity contribution in [2.45, 2.75) is 44.4 Å². The number of hydrogen-bond donors (Lipinski definition) is 0. The maximum Gasteiger partial charge on any atom is 0.133 e. The fourth-order valence-corrected chi connectivity index (χ4v) is 4.35. The van der Waals surface area contributed by atoms with Crippen molar-refractivity contribution >= 4 is 33.3 Å². The molecule has 0 aliphatic rings. The van der Waals surface area contributed by atoms with E-state index in [1.54, 1.807) is 29.3 Å². The maximum absolute atomic E-state index is 4.83. The van der Waals surface area contributed by atoms with Crippen LogP contribution < -0.4 is 0 Å². The van der Waals surface area contributed by atoms with Gasteiger partial charge in [0.1, 0.15) is 15.7 Å². The normalized spacial score (nSPS) is 11.5. The number of pyridine rings is 1. The third-order valence-electron chi connectivity index (χ3n) is 3.63. The number of hydrogen-bond acceptors (Lipinski definition) is 5. The molecule has 3 aromatic heterocycles. The van der Waals surface area contributed by atoms with Crippen LogP contribution in [0.25, 0.3) is 10.2 Å². The van der Waals surface area contributed by atoms with Crippen molar-refractivity contribution < 1.29 is 0 Å². The third kappa shape index (κ3) is 3.01. The summed E-state index contributed by atoms with van der Waals surface area (Å²) in [6, 6.07) is 4.08. The number of nitrogens with zero attached hydrogens (tertiary/aromatic N) is 3. The molecular weight excluding hydrogens is 310 g/mol. The molecule has 0 bridgehead atoms. The molecule has 0 radical (unpaired) electrons. The molecule has 3 aromatic rings. The molecule has 0 N–H and O–H groups in total. The Labute approximate surface area is 139 Å². The lowest BCUT2D eigenvalue weighted by Crippen LogP contribution is -1.99. The van der Waals surface area contributed by atoms with Gasteiger partial charge in [0.15, 0.2) is 0 Å². The second kappa shape index (κ2) is 6.34. The fourth-order valence-electron chi connectivity index (χ4n) is 2.23. The molecular formula is C17H19N3S2. The lowest BCUT2D eigenvalue weighted by atomic mass is 10.2. The third-order valence-corrected chi connectivity index (χ3v) is 5.78. The molecule has 3 heterocycles. The van der Waals surface area contributed by atoms with Crippen LogP contribution in [0, 0.1) is 13.8 Å². The largest absolute Gasteiger partial charge is 0.264 e. The van der Waals surface area contributed by atoms with E-state index in [1.807, 2.05) is 12.3 Å². The van der Waals surface area contributed by atoms with Crippen LogP contribution in [0.4, 0.5) is 0 Å². The number of thiophene rings is 1. The molecule has 0 fully saturated rings. The fraction of sp³-hybridized carbons (Fsp3) is 0.353. The first kappa shape index (κ1) is 15.4. The Balaban J connectivity index is 2.02. The minimum Gasteiger partial charge on any atom is -0.264 e. The minimum atomic E-state index is 0.338. The van der Waals surface area contributed by atoms with Crippen LogP contribution in [0.15, 0.2) is 29.6 Å². The van der Waals surface area contributed by atoms with Crippen LogP contribution in [0.5, 0.6) is 0 Å². The van der Waals surface area contributed by atoms with E-state index in [0.29, 0.717) is 5.92 Å². The molecule has 5 heteroatoms. The number of thioether (sulfide) groups is 1. The highest BCUT2D eigenvalue weighted by Crippen LogP contribution is 2.36. The van der Waals surface area contributed by atoms with Gasteiger partial charge in [0.05, 0.1) is 0 Å². The predicted octanol–water partition coefficient (Wildman–Crippen LogP) is 5.12. The Bertz CT molecular complexity index is 795. The van der Waals surface area contributed by atoms with Crippen molar-refractivity contribution in [3.8, 4) is 0 Å². The Kier molecular flexibility index (Phi) is 4.45. The molecule has 3 nitrogen and oxygen atoms in total. The lowest BCUT2D eigenvalue weighted by molar-refractivity contribution is 0.767. The molecule has 0 aromatic carbocycles. The first-order chi connectivity index (χ1) is 10.6. The summed E-state index contributed by atoms with van der Waals surface area (Å²) < 4.78 is 0. The smallest absolute Gasteiger partial charge is 0.133 e. The summed E-state index contributed by atoms with van der Waals surface area (Å²) in [6.07, 6.45) is 3.72. The maximum atomic E-state index is 4.83. The molecule has 0 saturated carbocycles. The van der Waals surface area contributed by atoms with E-state index in [4.69, 9.17) is 9.97 Å². The van der Waals surface area contributed by atoms with Gasteiger partial charge in [0.2, 0.25) is 0 Å². The highest BCUT2D eigenvalue weighted by molar-refractivity contribution is 7.98. The number of rotatable bonds is 4. The molecule has 0 aliphatic carbocycles. The van der Waals surface area contributed by atoms with Crippen molar-refractivity contribution in [1.82, 2.24) is 15.0 Å². The van der Waals surface area contributed by atoms with E-state index in [0.717, 1.165) is 21.4 Å². The molecule has 0 unspecified atom stereocenters. The van der Waals surface area contributed by atoms with Crippen molar-refractivity contribution in [3.63, 3.8) is 0 Å². The van der Waals surface area contributed by atoms with Gasteiger partial charge in [-0.3, -0.25) is 4.98 Å². The van der Waals surface area contributed by atoms with Crippen LogP contribution in [0.2, 0.25) is 0 Å². The standard InChI is InChI=1S/C17H19N3S2/c1-10(2)15-19-16(21-9-13-6-5-7-18-8-13)14-11(3)12(4)22-17(14)20-15/h5-8,10H,9H2,1-4H3. The van der Waals surface area contributed by atoms with Gasteiger partial charge >= 0.3 is 0 Å². The summed E-state index contributed by atoms with van der Waals surface area (Å²) in [5.41, 5.74) is 2.53. The van der Waals surface area contributed by atoms with Crippen molar-refractivity contribution in [3.05, 3.63) is 46.4 Å². The Morgan fingerprint density at radius 2 is 2.05 bits per heavy atom. The van der Waals surface area contributed by atoms with Crippen molar-refractivity contribution in [2.75, 3.05) is 0 Å².